The Morgan fingerprint density at radius 2 is 2.08 bits per heavy atom. The molecule has 26 heavy (non-hydrogen) atoms. The average Bonchev–Trinajstić information content (AvgIpc) is 2.64. The van der Waals surface area contributed by atoms with E-state index in [1.54, 1.807) is 11.0 Å². The summed E-state index contributed by atoms with van der Waals surface area (Å²) in [6.07, 6.45) is 4.48. The van der Waals surface area contributed by atoms with Gasteiger partial charge in [-0.2, -0.15) is 0 Å². The summed E-state index contributed by atoms with van der Waals surface area (Å²) in [6.45, 7) is 3.09. The van der Waals surface area contributed by atoms with Crippen molar-refractivity contribution in [3.05, 3.63) is 40.0 Å². The highest BCUT2D eigenvalue weighted by Crippen LogP contribution is 2.28. The lowest BCUT2D eigenvalue weighted by atomic mass is 9.97. The minimum atomic E-state index is -0.828. The van der Waals surface area contributed by atoms with Crippen molar-refractivity contribution in [2.24, 2.45) is 5.92 Å². The molecule has 1 heterocycles. The minimum Gasteiger partial charge on any atom is -0.487 e. The number of carboxylic acid groups (broad SMARTS) is 1. The zero-order chi connectivity index (χ0) is 19.1. The summed E-state index contributed by atoms with van der Waals surface area (Å²) in [6, 6.07) is 4.54. The summed E-state index contributed by atoms with van der Waals surface area (Å²) in [5.74, 6) is -1.26. The largest absolute Gasteiger partial charge is 0.487 e. The van der Waals surface area contributed by atoms with Crippen LogP contribution in [0, 0.1) is 16.0 Å². The lowest BCUT2D eigenvalue weighted by Crippen LogP contribution is -2.39. The van der Waals surface area contributed by atoms with E-state index in [4.69, 9.17) is 9.84 Å². The van der Waals surface area contributed by atoms with Crippen LogP contribution in [0.25, 0.3) is 6.08 Å². The molecule has 0 atom stereocenters. The normalized spacial score (nSPS) is 15.2. The van der Waals surface area contributed by atoms with E-state index < -0.39 is 16.8 Å². The Labute approximate surface area is 151 Å². The first kappa shape index (κ1) is 19.4. The number of likely N-dealkylation sites (tertiary alicyclic amines) is 1. The monoisotopic (exact) mass is 362 g/mol. The van der Waals surface area contributed by atoms with Crippen LogP contribution in [0.4, 0.5) is 5.69 Å². The van der Waals surface area contributed by atoms with Gasteiger partial charge in [-0.05, 0) is 37.0 Å². The summed E-state index contributed by atoms with van der Waals surface area (Å²) < 4.78 is 5.36. The van der Waals surface area contributed by atoms with Crippen LogP contribution in [-0.2, 0) is 9.59 Å². The van der Waals surface area contributed by atoms with Crippen LogP contribution in [0.15, 0.2) is 24.3 Å². The molecule has 0 aromatic heterocycles. The van der Waals surface area contributed by atoms with Crippen molar-refractivity contribution in [3.63, 3.8) is 0 Å². The van der Waals surface area contributed by atoms with Crippen molar-refractivity contribution in [1.82, 2.24) is 4.90 Å². The molecule has 1 aliphatic rings. The van der Waals surface area contributed by atoms with Gasteiger partial charge in [-0.25, -0.2) is 0 Å². The van der Waals surface area contributed by atoms with Gasteiger partial charge in [0.1, 0.15) is 0 Å². The van der Waals surface area contributed by atoms with Crippen molar-refractivity contribution in [2.75, 3.05) is 19.7 Å². The number of piperidine rings is 1. The van der Waals surface area contributed by atoms with Crippen LogP contribution in [0.2, 0.25) is 0 Å². The van der Waals surface area contributed by atoms with E-state index in [-0.39, 0.29) is 17.3 Å². The first-order valence-corrected chi connectivity index (χ1v) is 8.53. The van der Waals surface area contributed by atoms with E-state index in [0.717, 1.165) is 6.42 Å². The van der Waals surface area contributed by atoms with Crippen molar-refractivity contribution in [2.45, 2.75) is 26.2 Å². The molecule has 0 bridgehead atoms. The van der Waals surface area contributed by atoms with E-state index in [0.29, 0.717) is 38.1 Å². The second-order valence-corrected chi connectivity index (χ2v) is 6.10. The van der Waals surface area contributed by atoms with Gasteiger partial charge in [0.15, 0.2) is 5.75 Å². The van der Waals surface area contributed by atoms with Gasteiger partial charge in [0.05, 0.1) is 17.4 Å². The summed E-state index contributed by atoms with van der Waals surface area (Å²) in [5.41, 5.74) is 0.379. The fourth-order valence-electron chi connectivity index (χ4n) is 2.73. The molecule has 1 aromatic carbocycles. The number of amides is 1. The van der Waals surface area contributed by atoms with Gasteiger partial charge in [0.25, 0.3) is 0 Å². The molecular weight excluding hydrogens is 340 g/mol. The van der Waals surface area contributed by atoms with E-state index in [1.807, 2.05) is 6.92 Å². The van der Waals surface area contributed by atoms with Crippen LogP contribution >= 0.6 is 0 Å². The van der Waals surface area contributed by atoms with E-state index in [1.165, 1.54) is 24.3 Å². The number of benzene rings is 1. The predicted octanol–water partition coefficient (Wildman–Crippen LogP) is 2.72. The van der Waals surface area contributed by atoms with Crippen LogP contribution in [0.3, 0.4) is 0 Å². The number of carbonyl (C=O) groups excluding carboxylic acids is 1. The van der Waals surface area contributed by atoms with Crippen molar-refractivity contribution < 1.29 is 24.4 Å². The second kappa shape index (κ2) is 8.98. The highest BCUT2D eigenvalue weighted by Gasteiger charge is 2.26. The summed E-state index contributed by atoms with van der Waals surface area (Å²) >= 11 is 0. The zero-order valence-corrected chi connectivity index (χ0v) is 14.6. The number of nitro groups is 1. The van der Waals surface area contributed by atoms with Crippen molar-refractivity contribution in [3.8, 4) is 5.75 Å². The smallest absolute Gasteiger partial charge is 0.311 e. The molecule has 0 spiro atoms. The highest BCUT2D eigenvalue weighted by atomic mass is 16.6. The molecule has 1 fully saturated rings. The minimum absolute atomic E-state index is 0.143. The second-order valence-electron chi connectivity index (χ2n) is 6.10. The number of carboxylic acids is 1. The topological polar surface area (TPSA) is 110 Å². The lowest BCUT2D eigenvalue weighted by Gasteiger charge is -2.29. The molecule has 0 aliphatic carbocycles. The maximum absolute atomic E-state index is 12.2. The Hall–Kier alpha value is -2.90. The molecule has 0 unspecified atom stereocenters. The maximum atomic E-state index is 12.2. The number of rotatable bonds is 7. The number of aliphatic carboxylic acids is 1. The maximum Gasteiger partial charge on any atom is 0.311 e. The van der Waals surface area contributed by atoms with Gasteiger partial charge >= 0.3 is 11.7 Å². The Kier molecular flexibility index (Phi) is 6.71. The first-order chi connectivity index (χ1) is 12.4. The van der Waals surface area contributed by atoms with Crippen molar-refractivity contribution in [1.29, 1.82) is 0 Å². The third-order valence-corrected chi connectivity index (χ3v) is 4.22. The molecule has 140 valence electrons. The standard InChI is InChI=1S/C18H22N2O6/c1-2-11-26-16-5-3-13(12-15(16)20(24)25)4-6-17(21)19-9-7-14(8-10-19)18(22)23/h3-6,12,14H,2,7-11H2,1H3,(H,22,23)/b6-4+. The number of nitro benzene ring substituents is 1. The zero-order valence-electron chi connectivity index (χ0n) is 14.6. The molecule has 1 aromatic rings. The highest BCUT2D eigenvalue weighted by molar-refractivity contribution is 5.92. The van der Waals surface area contributed by atoms with Crippen LogP contribution < -0.4 is 4.74 Å². The van der Waals surface area contributed by atoms with E-state index in [2.05, 4.69) is 0 Å². The summed E-state index contributed by atoms with van der Waals surface area (Å²) in [5, 5.41) is 20.2. The average molecular weight is 362 g/mol. The van der Waals surface area contributed by atoms with Crippen LogP contribution in [0.1, 0.15) is 31.7 Å². The molecule has 0 radical (unpaired) electrons. The first-order valence-electron chi connectivity index (χ1n) is 8.53. The predicted molar refractivity (Wildman–Crippen MR) is 94.9 cm³/mol. The van der Waals surface area contributed by atoms with E-state index >= 15 is 0 Å². The molecule has 0 saturated carbocycles. The molecular formula is C18H22N2O6. The van der Waals surface area contributed by atoms with Crippen LogP contribution in [0.5, 0.6) is 5.75 Å². The van der Waals surface area contributed by atoms with Gasteiger partial charge in [0, 0.05) is 25.2 Å². The van der Waals surface area contributed by atoms with Gasteiger partial charge in [-0.3, -0.25) is 19.7 Å². The number of nitrogens with zero attached hydrogens (tertiary/aromatic N) is 2. The number of hydrogen-bond donors (Lipinski definition) is 1. The molecule has 8 nitrogen and oxygen atoms in total. The third kappa shape index (κ3) is 5.05. The Balaban J connectivity index is 2.03. The molecule has 2 rings (SSSR count). The van der Waals surface area contributed by atoms with Gasteiger partial charge in [-0.1, -0.05) is 13.0 Å². The van der Waals surface area contributed by atoms with Gasteiger partial charge < -0.3 is 14.7 Å². The quantitative estimate of drug-likeness (QED) is 0.454. The number of hydrogen-bond acceptors (Lipinski definition) is 5. The lowest BCUT2D eigenvalue weighted by molar-refractivity contribution is -0.385. The third-order valence-electron chi connectivity index (χ3n) is 4.22. The van der Waals surface area contributed by atoms with Gasteiger partial charge in [0.2, 0.25) is 5.91 Å². The molecule has 1 amide bonds. The Bertz CT molecular complexity index is 708. The fourth-order valence-corrected chi connectivity index (χ4v) is 2.73. The Morgan fingerprint density at radius 3 is 2.65 bits per heavy atom. The summed E-state index contributed by atoms with van der Waals surface area (Å²) in [4.78, 5) is 35.4. The SMILES string of the molecule is CCCOc1ccc(/C=C/C(=O)N2CCC(C(=O)O)CC2)cc1[N+](=O)[O-]. The van der Waals surface area contributed by atoms with Crippen molar-refractivity contribution >= 4 is 23.6 Å². The Morgan fingerprint density at radius 1 is 1.38 bits per heavy atom. The van der Waals surface area contributed by atoms with E-state index in [9.17, 15) is 19.7 Å². The molecule has 1 saturated heterocycles. The number of carbonyl (C=O) groups is 2. The molecule has 8 heteroatoms. The number of ether oxygens (including phenoxy) is 1. The van der Waals surface area contributed by atoms with Gasteiger partial charge in [-0.15, -0.1) is 0 Å². The molecule has 1 N–H and O–H groups in total. The molecule has 1 aliphatic heterocycles. The fraction of sp³-hybridized carbons (Fsp3) is 0.444. The van der Waals surface area contributed by atoms with Crippen LogP contribution in [-0.4, -0.2) is 46.5 Å². The summed E-state index contributed by atoms with van der Waals surface area (Å²) in [7, 11) is 0.